The fourth-order valence-corrected chi connectivity index (χ4v) is 8.49. The Labute approximate surface area is 319 Å². The molecule has 1 radical (unpaired) electrons. The standard InChI is InChI=1S/C31H19N2O.C15H18NSi.Ir/c1-2-9-21(10-3-1)22-17-19-23(20-18-22)33-28-15-6-5-14-27(28)32-31(33)26-13-8-12-25-24-11-4-7-16-29(24)34-30(25)26;1-12-10-14(13-8-6-5-7-9-13)16-11-15(12)17(2,3)4;/h1-12,14-20H;5-8,10-11H,1-4H3;/q2*-1;. The van der Waals surface area contributed by atoms with Crippen molar-refractivity contribution < 1.29 is 24.5 Å². The molecule has 0 fully saturated rings. The van der Waals surface area contributed by atoms with Crippen LogP contribution in [0, 0.1) is 19.1 Å². The van der Waals surface area contributed by atoms with Gasteiger partial charge in [0.1, 0.15) is 5.58 Å². The van der Waals surface area contributed by atoms with Crippen LogP contribution in [0.2, 0.25) is 19.6 Å². The van der Waals surface area contributed by atoms with Gasteiger partial charge in [-0.05, 0) is 59.3 Å². The summed E-state index contributed by atoms with van der Waals surface area (Å²) in [5.41, 5.74) is 11.4. The van der Waals surface area contributed by atoms with Gasteiger partial charge in [0.15, 0.2) is 0 Å². The van der Waals surface area contributed by atoms with E-state index in [1.807, 2.05) is 66.7 Å². The Hall–Kier alpha value is -5.39. The van der Waals surface area contributed by atoms with Crippen LogP contribution >= 0.6 is 0 Å². The molecule has 0 atom stereocenters. The van der Waals surface area contributed by atoms with Gasteiger partial charge in [-0.15, -0.1) is 54.1 Å². The third kappa shape index (κ3) is 6.81. The second-order valence-electron chi connectivity index (χ2n) is 13.8. The molecule has 4 nitrogen and oxygen atoms in total. The fourth-order valence-electron chi connectivity index (χ4n) is 6.79. The summed E-state index contributed by atoms with van der Waals surface area (Å²) in [6, 6.07) is 56.2. The second-order valence-corrected chi connectivity index (χ2v) is 18.8. The van der Waals surface area contributed by atoms with Crippen LogP contribution in [0.5, 0.6) is 0 Å². The van der Waals surface area contributed by atoms with Crippen molar-refractivity contribution in [3.8, 4) is 39.5 Å². The fraction of sp³-hybridized carbons (Fsp3) is 0.0870. The summed E-state index contributed by atoms with van der Waals surface area (Å²) in [6.07, 6.45) is 2.05. The van der Waals surface area contributed by atoms with Crippen LogP contribution in [0.15, 0.2) is 156 Å². The van der Waals surface area contributed by atoms with Crippen molar-refractivity contribution in [3.63, 3.8) is 0 Å². The monoisotopic (exact) mass is 868 g/mol. The summed E-state index contributed by atoms with van der Waals surface area (Å²) in [5, 5.41) is 3.61. The molecule has 0 aliphatic carbocycles. The van der Waals surface area contributed by atoms with Crippen LogP contribution < -0.4 is 5.19 Å². The molecule has 0 unspecified atom stereocenters. The molecule has 0 aliphatic rings. The zero-order chi connectivity index (χ0) is 35.0. The van der Waals surface area contributed by atoms with E-state index in [9.17, 15) is 0 Å². The number of para-hydroxylation sites is 3. The Kier molecular flexibility index (Phi) is 9.89. The minimum atomic E-state index is -1.27. The molecule has 6 aromatic carbocycles. The van der Waals surface area contributed by atoms with E-state index in [2.05, 4.69) is 133 Å². The van der Waals surface area contributed by atoms with Gasteiger partial charge in [0.05, 0.1) is 30.5 Å². The van der Waals surface area contributed by atoms with Crippen LogP contribution in [0.25, 0.3) is 72.4 Å². The Morgan fingerprint density at radius 2 is 1.38 bits per heavy atom. The maximum atomic E-state index is 6.32. The van der Waals surface area contributed by atoms with Gasteiger partial charge in [0, 0.05) is 37.4 Å². The Morgan fingerprint density at radius 1 is 0.673 bits per heavy atom. The number of hydrogen-bond donors (Lipinski definition) is 0. The van der Waals surface area contributed by atoms with Gasteiger partial charge < -0.3 is 14.0 Å². The van der Waals surface area contributed by atoms with Gasteiger partial charge in [-0.1, -0.05) is 115 Å². The van der Waals surface area contributed by atoms with Crippen LogP contribution in [0.1, 0.15) is 5.56 Å². The topological polar surface area (TPSA) is 43.9 Å². The molecule has 0 aliphatic heterocycles. The molecule has 0 amide bonds. The van der Waals surface area contributed by atoms with Gasteiger partial charge >= 0.3 is 0 Å². The van der Waals surface area contributed by atoms with Crippen LogP contribution in [-0.4, -0.2) is 22.6 Å². The molecule has 0 spiro atoms. The molecule has 0 saturated heterocycles. The summed E-state index contributed by atoms with van der Waals surface area (Å²) in [5.74, 6) is 0.818. The SMILES string of the molecule is Cc1cc(-c2[c-]cccc2)ncc1[Si](C)(C)C.[Ir].[c-]1ccc2c(oc3ccccc32)c1-c1nc2ccccc2n1-c1ccc(-c2ccccc2)cc1. The number of benzene rings is 6. The molecule has 9 aromatic rings. The van der Waals surface area contributed by atoms with E-state index in [1.165, 1.54) is 21.9 Å². The summed E-state index contributed by atoms with van der Waals surface area (Å²) >= 11 is 0. The molecule has 3 heterocycles. The quantitative estimate of drug-likeness (QED) is 0.128. The van der Waals surface area contributed by atoms with Crippen LogP contribution in [0.4, 0.5) is 0 Å². The summed E-state index contributed by atoms with van der Waals surface area (Å²) in [7, 11) is -1.27. The van der Waals surface area contributed by atoms with Crippen molar-refractivity contribution >= 4 is 46.2 Å². The molecule has 9 rings (SSSR count). The van der Waals surface area contributed by atoms with Crippen molar-refractivity contribution in [2.45, 2.75) is 26.6 Å². The van der Waals surface area contributed by atoms with E-state index in [-0.39, 0.29) is 20.1 Å². The summed E-state index contributed by atoms with van der Waals surface area (Å²) < 4.78 is 8.51. The molecular weight excluding hydrogens is 831 g/mol. The van der Waals surface area contributed by atoms with E-state index < -0.39 is 8.07 Å². The van der Waals surface area contributed by atoms with Crippen LogP contribution in [-0.2, 0) is 20.1 Å². The molecule has 257 valence electrons. The van der Waals surface area contributed by atoms with E-state index in [4.69, 9.17) is 9.40 Å². The number of nitrogens with zero attached hydrogens (tertiary/aromatic N) is 3. The molecule has 0 bridgehead atoms. The number of fused-ring (bicyclic) bond motifs is 4. The zero-order valence-electron chi connectivity index (χ0n) is 29.5. The van der Waals surface area contributed by atoms with Crippen molar-refractivity contribution in [3.05, 3.63) is 169 Å². The number of furan rings is 1. The zero-order valence-corrected chi connectivity index (χ0v) is 32.9. The largest absolute Gasteiger partial charge is 0.501 e. The molecule has 0 saturated carbocycles. The normalized spacial score (nSPS) is 11.3. The molecule has 3 aromatic heterocycles. The predicted molar refractivity (Wildman–Crippen MR) is 214 cm³/mol. The molecular formula is C46H37IrN3OSi-2. The van der Waals surface area contributed by atoms with Gasteiger partial charge in [-0.3, -0.25) is 4.98 Å². The van der Waals surface area contributed by atoms with Gasteiger partial charge in [0.2, 0.25) is 0 Å². The van der Waals surface area contributed by atoms with Crippen molar-refractivity contribution in [1.82, 2.24) is 14.5 Å². The maximum Gasteiger partial charge on any atom is 0.120 e. The maximum absolute atomic E-state index is 6.32. The van der Waals surface area contributed by atoms with Gasteiger partial charge in [0.25, 0.3) is 0 Å². The third-order valence-electron chi connectivity index (χ3n) is 9.26. The van der Waals surface area contributed by atoms with E-state index in [1.54, 1.807) is 0 Å². The van der Waals surface area contributed by atoms with E-state index >= 15 is 0 Å². The first-order valence-corrected chi connectivity index (χ1v) is 20.7. The molecule has 52 heavy (non-hydrogen) atoms. The molecule has 0 N–H and O–H groups in total. The van der Waals surface area contributed by atoms with E-state index in [0.29, 0.717) is 0 Å². The number of aryl methyl sites for hydroxylation is 1. The Bertz CT molecular complexity index is 2620. The van der Waals surface area contributed by atoms with Crippen molar-refractivity contribution in [2.75, 3.05) is 0 Å². The number of hydrogen-bond acceptors (Lipinski definition) is 3. The molecule has 6 heteroatoms. The van der Waals surface area contributed by atoms with Crippen LogP contribution in [0.3, 0.4) is 0 Å². The van der Waals surface area contributed by atoms with Crippen molar-refractivity contribution in [2.24, 2.45) is 0 Å². The predicted octanol–water partition coefficient (Wildman–Crippen LogP) is 11.5. The van der Waals surface area contributed by atoms with E-state index in [0.717, 1.165) is 61.3 Å². The Balaban J connectivity index is 0.000000198. The minimum absolute atomic E-state index is 0. The van der Waals surface area contributed by atoms with Gasteiger partial charge in [-0.2, -0.15) is 0 Å². The first-order valence-electron chi connectivity index (χ1n) is 17.2. The second kappa shape index (κ2) is 14.7. The van der Waals surface area contributed by atoms with Gasteiger partial charge in [-0.25, -0.2) is 0 Å². The minimum Gasteiger partial charge on any atom is -0.501 e. The van der Waals surface area contributed by atoms with Crippen molar-refractivity contribution in [1.29, 1.82) is 0 Å². The smallest absolute Gasteiger partial charge is 0.120 e. The average molecular weight is 868 g/mol. The first-order chi connectivity index (χ1) is 24.8. The number of imidazole rings is 1. The summed E-state index contributed by atoms with van der Waals surface area (Å²) in [4.78, 5) is 9.61. The number of aromatic nitrogens is 3. The Morgan fingerprint density at radius 3 is 2.13 bits per heavy atom. The summed E-state index contributed by atoms with van der Waals surface area (Å²) in [6.45, 7) is 9.24. The number of pyridine rings is 1. The third-order valence-corrected chi connectivity index (χ3v) is 11.4. The average Bonchev–Trinajstić information content (AvgIpc) is 3.74. The first kappa shape index (κ1) is 35.0. The number of rotatable bonds is 5.